The van der Waals surface area contributed by atoms with Gasteiger partial charge in [-0.1, -0.05) is 12.1 Å². The average molecular weight is 381 g/mol. The van der Waals surface area contributed by atoms with Gasteiger partial charge in [-0.25, -0.2) is 9.37 Å². The number of thiazole rings is 1. The van der Waals surface area contributed by atoms with Crippen LogP contribution in [0.3, 0.4) is 0 Å². The minimum absolute atomic E-state index is 0.195. The maximum atomic E-state index is 13.2. The maximum Gasteiger partial charge on any atom is 0.268 e. The Balaban J connectivity index is 1.78. The van der Waals surface area contributed by atoms with E-state index < -0.39 is 11.7 Å². The topological polar surface area (TPSA) is 106 Å². The predicted molar refractivity (Wildman–Crippen MR) is 99.5 cm³/mol. The summed E-state index contributed by atoms with van der Waals surface area (Å²) in [6.07, 6.45) is 1.28. The number of rotatable bonds is 4. The van der Waals surface area contributed by atoms with E-state index in [4.69, 9.17) is 0 Å². The van der Waals surface area contributed by atoms with Crippen molar-refractivity contribution >= 4 is 28.5 Å². The van der Waals surface area contributed by atoms with Gasteiger partial charge in [-0.2, -0.15) is 5.26 Å². The highest BCUT2D eigenvalue weighted by Gasteiger charge is 2.13. The van der Waals surface area contributed by atoms with Crippen molar-refractivity contribution in [3.8, 4) is 28.8 Å². The lowest BCUT2D eigenvalue weighted by Crippen LogP contribution is -2.13. The Bertz CT molecular complexity index is 1090. The number of aromatic nitrogens is 1. The molecule has 0 saturated heterocycles. The lowest BCUT2D eigenvalue weighted by Gasteiger charge is -2.01. The van der Waals surface area contributed by atoms with Crippen LogP contribution in [-0.2, 0) is 4.79 Å². The van der Waals surface area contributed by atoms with Crippen LogP contribution in [0.15, 0.2) is 53.4 Å². The Morgan fingerprint density at radius 2 is 2.04 bits per heavy atom. The molecule has 134 valence electrons. The molecule has 0 bridgehead atoms. The van der Waals surface area contributed by atoms with Crippen molar-refractivity contribution in [3.05, 3.63) is 64.8 Å². The van der Waals surface area contributed by atoms with Gasteiger partial charge in [0.2, 0.25) is 0 Å². The normalized spacial score (nSPS) is 11.0. The number of phenolic OH excluding ortho intramolecular Hbond substituents is 2. The van der Waals surface area contributed by atoms with Gasteiger partial charge in [0.15, 0.2) is 16.6 Å². The van der Waals surface area contributed by atoms with Gasteiger partial charge in [-0.05, 0) is 42.0 Å². The van der Waals surface area contributed by atoms with Crippen molar-refractivity contribution in [1.29, 1.82) is 5.26 Å². The van der Waals surface area contributed by atoms with Crippen LogP contribution in [0.5, 0.6) is 11.5 Å². The summed E-state index contributed by atoms with van der Waals surface area (Å²) >= 11 is 1.14. The minimum atomic E-state index is -0.670. The number of halogens is 1. The summed E-state index contributed by atoms with van der Waals surface area (Å²) in [7, 11) is 0. The van der Waals surface area contributed by atoms with Gasteiger partial charge < -0.3 is 10.2 Å². The van der Waals surface area contributed by atoms with Gasteiger partial charge in [0.05, 0.1) is 5.69 Å². The van der Waals surface area contributed by atoms with Crippen molar-refractivity contribution in [1.82, 2.24) is 4.98 Å². The lowest BCUT2D eigenvalue weighted by molar-refractivity contribution is -0.112. The molecule has 0 unspecified atom stereocenters. The number of aromatic hydroxyl groups is 2. The summed E-state index contributed by atoms with van der Waals surface area (Å²) in [6, 6.07) is 11.6. The van der Waals surface area contributed by atoms with Crippen LogP contribution in [0.25, 0.3) is 17.3 Å². The number of anilines is 1. The average Bonchev–Trinajstić information content (AvgIpc) is 3.10. The van der Waals surface area contributed by atoms with Crippen LogP contribution in [0.4, 0.5) is 9.52 Å². The van der Waals surface area contributed by atoms with E-state index in [9.17, 15) is 24.7 Å². The Labute approximate surface area is 157 Å². The summed E-state index contributed by atoms with van der Waals surface area (Å²) in [5.41, 5.74) is 1.23. The SMILES string of the molecule is N#C/C(=C\c1cccc(F)c1)C(=O)Nc1nc(-c2ccc(O)c(O)c2)cs1. The number of benzene rings is 2. The molecule has 1 heterocycles. The minimum Gasteiger partial charge on any atom is -0.504 e. The van der Waals surface area contributed by atoms with Gasteiger partial charge in [0, 0.05) is 10.9 Å². The third-order valence-electron chi connectivity index (χ3n) is 3.52. The maximum absolute atomic E-state index is 13.2. The summed E-state index contributed by atoms with van der Waals surface area (Å²) in [6.45, 7) is 0. The fraction of sp³-hybridized carbons (Fsp3) is 0. The highest BCUT2D eigenvalue weighted by atomic mass is 32.1. The van der Waals surface area contributed by atoms with Gasteiger partial charge in [-0.15, -0.1) is 11.3 Å². The number of hydrogen-bond donors (Lipinski definition) is 3. The first-order valence-corrected chi connectivity index (χ1v) is 8.51. The van der Waals surface area contributed by atoms with Crippen molar-refractivity contribution in [3.63, 3.8) is 0 Å². The number of amides is 1. The quantitative estimate of drug-likeness (QED) is 0.361. The van der Waals surface area contributed by atoms with Gasteiger partial charge in [0.25, 0.3) is 5.91 Å². The second kappa shape index (κ2) is 7.68. The first kappa shape index (κ1) is 18.1. The summed E-state index contributed by atoms with van der Waals surface area (Å²) < 4.78 is 13.2. The molecule has 3 rings (SSSR count). The Morgan fingerprint density at radius 3 is 2.74 bits per heavy atom. The standard InChI is InChI=1S/C19H12FN3O3S/c20-14-3-1-2-11(7-14)6-13(9-21)18(26)23-19-22-15(10-27-19)12-4-5-16(24)17(25)8-12/h1-8,10,24-25H,(H,22,23,26)/b13-6+. The zero-order valence-electron chi connectivity index (χ0n) is 13.7. The molecule has 3 N–H and O–H groups in total. The third-order valence-corrected chi connectivity index (χ3v) is 4.28. The Hall–Kier alpha value is -3.70. The molecule has 0 spiro atoms. The number of carbonyl (C=O) groups excluding carboxylic acids is 1. The third kappa shape index (κ3) is 4.29. The van der Waals surface area contributed by atoms with Gasteiger partial charge in [0.1, 0.15) is 17.5 Å². The zero-order chi connectivity index (χ0) is 19.4. The van der Waals surface area contributed by atoms with E-state index in [1.807, 2.05) is 0 Å². The van der Waals surface area contributed by atoms with Crippen LogP contribution in [-0.4, -0.2) is 21.1 Å². The Morgan fingerprint density at radius 1 is 1.22 bits per heavy atom. The number of hydrogen-bond acceptors (Lipinski definition) is 6. The molecule has 1 aromatic heterocycles. The van der Waals surface area contributed by atoms with E-state index >= 15 is 0 Å². The molecule has 1 amide bonds. The fourth-order valence-corrected chi connectivity index (χ4v) is 2.94. The number of nitrogens with zero attached hydrogens (tertiary/aromatic N) is 2. The molecule has 2 aromatic carbocycles. The lowest BCUT2D eigenvalue weighted by atomic mass is 10.1. The highest BCUT2D eigenvalue weighted by molar-refractivity contribution is 7.14. The monoisotopic (exact) mass is 381 g/mol. The number of nitriles is 1. The summed E-state index contributed by atoms with van der Waals surface area (Å²) in [5, 5.41) is 32.5. The molecule has 0 aliphatic heterocycles. The first-order chi connectivity index (χ1) is 13.0. The van der Waals surface area contributed by atoms with E-state index in [1.54, 1.807) is 23.6 Å². The van der Waals surface area contributed by atoms with E-state index in [0.29, 0.717) is 16.8 Å². The highest BCUT2D eigenvalue weighted by Crippen LogP contribution is 2.32. The summed E-state index contributed by atoms with van der Waals surface area (Å²) in [5.74, 6) is -1.67. The van der Waals surface area contributed by atoms with E-state index in [2.05, 4.69) is 10.3 Å². The number of nitrogens with one attached hydrogen (secondary N) is 1. The molecule has 0 atom stereocenters. The van der Waals surface area contributed by atoms with Crippen LogP contribution in [0, 0.1) is 17.1 Å². The molecule has 0 fully saturated rings. The zero-order valence-corrected chi connectivity index (χ0v) is 14.5. The molecule has 3 aromatic rings. The first-order valence-electron chi connectivity index (χ1n) is 7.63. The van der Waals surface area contributed by atoms with Crippen LogP contribution < -0.4 is 5.32 Å². The molecule has 8 heteroatoms. The molecule has 27 heavy (non-hydrogen) atoms. The second-order valence-corrected chi connectivity index (χ2v) is 6.28. The van der Waals surface area contributed by atoms with E-state index in [-0.39, 0.29) is 22.2 Å². The molecular weight excluding hydrogens is 369 g/mol. The molecule has 0 aliphatic rings. The molecule has 0 radical (unpaired) electrons. The summed E-state index contributed by atoms with van der Waals surface area (Å²) in [4.78, 5) is 16.5. The Kier molecular flexibility index (Phi) is 5.15. The second-order valence-electron chi connectivity index (χ2n) is 5.42. The number of phenols is 2. The van der Waals surface area contributed by atoms with E-state index in [0.717, 1.165) is 11.3 Å². The molecule has 0 aliphatic carbocycles. The smallest absolute Gasteiger partial charge is 0.268 e. The predicted octanol–water partition coefficient (Wildman–Crippen LogP) is 3.91. The van der Waals surface area contributed by atoms with Gasteiger partial charge in [-0.3, -0.25) is 10.1 Å². The molecule has 6 nitrogen and oxygen atoms in total. The number of carbonyl (C=O) groups is 1. The van der Waals surface area contributed by atoms with Crippen molar-refractivity contribution in [2.24, 2.45) is 0 Å². The van der Waals surface area contributed by atoms with E-state index in [1.165, 1.54) is 36.4 Å². The molecular formula is C19H12FN3O3S. The van der Waals surface area contributed by atoms with Crippen LogP contribution >= 0.6 is 11.3 Å². The van der Waals surface area contributed by atoms with Crippen molar-refractivity contribution in [2.45, 2.75) is 0 Å². The largest absolute Gasteiger partial charge is 0.504 e. The van der Waals surface area contributed by atoms with Crippen LogP contribution in [0.2, 0.25) is 0 Å². The van der Waals surface area contributed by atoms with Crippen molar-refractivity contribution < 1.29 is 19.4 Å². The van der Waals surface area contributed by atoms with Gasteiger partial charge >= 0.3 is 0 Å². The van der Waals surface area contributed by atoms with Crippen molar-refractivity contribution in [2.75, 3.05) is 5.32 Å². The fourth-order valence-electron chi connectivity index (χ4n) is 2.22. The molecule has 0 saturated carbocycles. The van der Waals surface area contributed by atoms with Crippen LogP contribution in [0.1, 0.15) is 5.56 Å².